The Balaban J connectivity index is 1.90. The van der Waals surface area contributed by atoms with Crippen LogP contribution in [0.2, 0.25) is 0 Å². The molecule has 0 unspecified atom stereocenters. The van der Waals surface area contributed by atoms with E-state index in [1.165, 1.54) is 29.2 Å². The number of non-ortho nitro benzene ring substituents is 1. The molecule has 1 aliphatic rings. The van der Waals surface area contributed by atoms with Gasteiger partial charge < -0.3 is 15.5 Å². The van der Waals surface area contributed by atoms with Crippen molar-refractivity contribution in [2.24, 2.45) is 11.3 Å². The molecule has 1 aromatic carbocycles. The van der Waals surface area contributed by atoms with Crippen molar-refractivity contribution in [3.63, 3.8) is 0 Å². The number of amides is 4. The van der Waals surface area contributed by atoms with Crippen molar-refractivity contribution in [1.82, 2.24) is 15.7 Å². The zero-order valence-corrected chi connectivity index (χ0v) is 18.4. The van der Waals surface area contributed by atoms with Crippen LogP contribution >= 0.6 is 0 Å². The summed E-state index contributed by atoms with van der Waals surface area (Å²) in [5, 5.41) is 24.9. The van der Waals surface area contributed by atoms with Gasteiger partial charge in [0.05, 0.1) is 4.92 Å². The van der Waals surface area contributed by atoms with E-state index >= 15 is 0 Å². The second-order valence-corrected chi connectivity index (χ2v) is 8.92. The molecule has 4 N–H and O–H groups in total. The van der Waals surface area contributed by atoms with Gasteiger partial charge in [0.15, 0.2) is 0 Å². The van der Waals surface area contributed by atoms with Gasteiger partial charge in [-0.3, -0.25) is 24.9 Å². The van der Waals surface area contributed by atoms with Crippen LogP contribution in [0.5, 0.6) is 0 Å². The minimum Gasteiger partial charge on any atom is -0.337 e. The van der Waals surface area contributed by atoms with Crippen LogP contribution in [0.25, 0.3) is 0 Å². The number of nitrogens with one attached hydrogen (secondary N) is 3. The van der Waals surface area contributed by atoms with Crippen molar-refractivity contribution in [2.75, 3.05) is 25.0 Å². The summed E-state index contributed by atoms with van der Waals surface area (Å²) in [5.41, 5.74) is 1.11. The Morgan fingerprint density at radius 3 is 2.56 bits per heavy atom. The first-order chi connectivity index (χ1) is 15.1. The third-order valence-corrected chi connectivity index (χ3v) is 5.44. The van der Waals surface area contributed by atoms with E-state index in [2.05, 4.69) is 10.6 Å². The zero-order valence-electron chi connectivity index (χ0n) is 18.4. The lowest BCUT2D eigenvalue weighted by molar-refractivity contribution is -0.384. The van der Waals surface area contributed by atoms with Crippen LogP contribution in [0.4, 0.5) is 16.2 Å². The van der Waals surface area contributed by atoms with Crippen LogP contribution in [0.15, 0.2) is 24.3 Å². The number of nitrogens with zero attached hydrogens (tertiary/aromatic N) is 2. The third-order valence-electron chi connectivity index (χ3n) is 5.44. The summed E-state index contributed by atoms with van der Waals surface area (Å²) in [5.74, 6) is -0.539. The molecule has 0 aromatic heterocycles. The molecule has 0 bridgehead atoms. The van der Waals surface area contributed by atoms with Gasteiger partial charge in [0.1, 0.15) is 6.54 Å². The molecule has 11 heteroatoms. The number of nitro benzene ring substituents is 1. The normalized spacial score (nSPS) is 14.0. The molecule has 1 saturated carbocycles. The molecule has 1 aromatic rings. The predicted molar refractivity (Wildman–Crippen MR) is 117 cm³/mol. The Hall–Kier alpha value is -3.21. The second-order valence-electron chi connectivity index (χ2n) is 8.92. The number of anilines is 1. The van der Waals surface area contributed by atoms with Crippen LogP contribution in [0.3, 0.4) is 0 Å². The molecule has 11 nitrogen and oxygen atoms in total. The Kier molecular flexibility index (Phi) is 8.94. The van der Waals surface area contributed by atoms with E-state index in [4.69, 9.17) is 5.21 Å². The molecule has 0 atom stereocenters. The topological polar surface area (TPSA) is 154 Å². The quantitative estimate of drug-likeness (QED) is 0.245. The molecule has 1 aliphatic carbocycles. The largest absolute Gasteiger partial charge is 0.337 e. The molecule has 32 heavy (non-hydrogen) atoms. The van der Waals surface area contributed by atoms with Crippen molar-refractivity contribution in [3.8, 4) is 0 Å². The molecule has 176 valence electrons. The average Bonchev–Trinajstić information content (AvgIpc) is 3.25. The first kappa shape index (κ1) is 25.1. The van der Waals surface area contributed by atoms with Crippen LogP contribution in [-0.2, 0) is 9.59 Å². The Morgan fingerprint density at radius 2 is 1.94 bits per heavy atom. The molecular formula is C21H31N5O6. The lowest BCUT2D eigenvalue weighted by Gasteiger charge is -2.30. The van der Waals surface area contributed by atoms with Gasteiger partial charge in [-0.05, 0) is 30.2 Å². The number of hydrogen-bond donors (Lipinski definition) is 4. The molecule has 1 fully saturated rings. The maximum absolute atomic E-state index is 12.9. The van der Waals surface area contributed by atoms with E-state index < -0.39 is 22.3 Å². The molecule has 0 spiro atoms. The molecular weight excluding hydrogens is 418 g/mol. The highest BCUT2D eigenvalue weighted by Gasteiger charge is 2.29. The van der Waals surface area contributed by atoms with Crippen LogP contribution < -0.4 is 16.1 Å². The molecule has 2 rings (SSSR count). The van der Waals surface area contributed by atoms with Gasteiger partial charge in [0, 0.05) is 37.3 Å². The van der Waals surface area contributed by atoms with E-state index in [1.54, 1.807) is 5.48 Å². The average molecular weight is 450 g/mol. The standard InChI is InChI=1S/C21H31N5O6/c1-21(2,14-22-20(29)23-16-8-5-9-17(10-16)26(31)32)11-19(28)25(13-18(27)24-30)12-15-6-3-4-7-15/h5,8-10,15,30H,3-4,6-7,11-14H2,1-2H3,(H,24,27)(H2,22,23,29). The number of benzene rings is 1. The number of rotatable bonds is 10. The van der Waals surface area contributed by atoms with E-state index in [0.717, 1.165) is 25.7 Å². The fourth-order valence-electron chi connectivity index (χ4n) is 3.74. The highest BCUT2D eigenvalue weighted by molar-refractivity contribution is 5.89. The minimum atomic E-state index is -0.649. The van der Waals surface area contributed by atoms with Crippen LogP contribution in [0.1, 0.15) is 46.0 Å². The summed E-state index contributed by atoms with van der Waals surface area (Å²) < 4.78 is 0. The summed E-state index contributed by atoms with van der Waals surface area (Å²) in [6.07, 6.45) is 4.32. The van der Waals surface area contributed by atoms with Gasteiger partial charge in [-0.25, -0.2) is 10.3 Å². The molecule has 0 saturated heterocycles. The van der Waals surface area contributed by atoms with E-state index in [1.807, 2.05) is 13.8 Å². The van der Waals surface area contributed by atoms with Gasteiger partial charge in [-0.2, -0.15) is 0 Å². The number of carbonyl (C=O) groups excluding carboxylic acids is 3. The molecule has 0 radical (unpaired) electrons. The number of hydrogen-bond acceptors (Lipinski definition) is 6. The van der Waals surface area contributed by atoms with Crippen molar-refractivity contribution in [2.45, 2.75) is 46.0 Å². The second kappa shape index (κ2) is 11.4. The van der Waals surface area contributed by atoms with Crippen molar-refractivity contribution in [3.05, 3.63) is 34.4 Å². The van der Waals surface area contributed by atoms with Crippen molar-refractivity contribution in [1.29, 1.82) is 0 Å². The maximum Gasteiger partial charge on any atom is 0.319 e. The lowest BCUT2D eigenvalue weighted by atomic mass is 9.88. The van der Waals surface area contributed by atoms with E-state index in [-0.39, 0.29) is 36.8 Å². The van der Waals surface area contributed by atoms with Gasteiger partial charge in [-0.15, -0.1) is 0 Å². The monoisotopic (exact) mass is 449 g/mol. The number of carbonyl (C=O) groups is 3. The fraction of sp³-hybridized carbons (Fsp3) is 0.571. The van der Waals surface area contributed by atoms with Crippen molar-refractivity contribution < 1.29 is 24.5 Å². The Morgan fingerprint density at radius 1 is 1.25 bits per heavy atom. The third kappa shape index (κ3) is 8.14. The molecule has 0 aliphatic heterocycles. The first-order valence-corrected chi connectivity index (χ1v) is 10.6. The summed E-state index contributed by atoms with van der Waals surface area (Å²) in [6.45, 7) is 4.05. The fourth-order valence-corrected chi connectivity index (χ4v) is 3.74. The van der Waals surface area contributed by atoms with E-state index in [0.29, 0.717) is 12.5 Å². The highest BCUT2D eigenvalue weighted by Crippen LogP contribution is 2.27. The van der Waals surface area contributed by atoms with Gasteiger partial charge in [0.2, 0.25) is 5.91 Å². The minimum absolute atomic E-state index is 0.0928. The molecule has 4 amide bonds. The SMILES string of the molecule is CC(C)(CNC(=O)Nc1cccc([N+](=O)[O-])c1)CC(=O)N(CC(=O)NO)CC1CCCC1. The Labute approximate surface area is 186 Å². The number of nitro groups is 1. The van der Waals surface area contributed by atoms with Gasteiger partial charge in [0.25, 0.3) is 11.6 Å². The van der Waals surface area contributed by atoms with E-state index in [9.17, 15) is 24.5 Å². The van der Waals surface area contributed by atoms with Crippen LogP contribution in [0, 0.1) is 21.4 Å². The molecule has 0 heterocycles. The summed E-state index contributed by atoms with van der Waals surface area (Å²) in [4.78, 5) is 48.5. The first-order valence-electron chi connectivity index (χ1n) is 10.6. The lowest BCUT2D eigenvalue weighted by Crippen LogP contribution is -2.45. The predicted octanol–water partition coefficient (Wildman–Crippen LogP) is 2.66. The van der Waals surface area contributed by atoms with Gasteiger partial charge >= 0.3 is 6.03 Å². The Bertz CT molecular complexity index is 838. The maximum atomic E-state index is 12.9. The van der Waals surface area contributed by atoms with Gasteiger partial charge in [-0.1, -0.05) is 32.8 Å². The number of urea groups is 1. The summed E-state index contributed by atoms with van der Waals surface area (Å²) in [7, 11) is 0. The summed E-state index contributed by atoms with van der Waals surface area (Å²) in [6, 6.07) is 5.04. The summed E-state index contributed by atoms with van der Waals surface area (Å²) >= 11 is 0. The highest BCUT2D eigenvalue weighted by atomic mass is 16.6. The number of hydroxylamine groups is 1. The smallest absolute Gasteiger partial charge is 0.319 e. The van der Waals surface area contributed by atoms with Crippen LogP contribution in [-0.4, -0.2) is 52.5 Å². The van der Waals surface area contributed by atoms with Crippen molar-refractivity contribution >= 4 is 29.2 Å². The zero-order chi connectivity index (χ0) is 23.7.